The molecule has 0 saturated carbocycles. The minimum Gasteiger partial charge on any atom is -0.326 e. The first-order valence-corrected chi connectivity index (χ1v) is 10.5. The Balaban J connectivity index is 1.57. The van der Waals surface area contributed by atoms with Crippen LogP contribution in [0, 0.1) is 0 Å². The number of alkyl halides is 3. The van der Waals surface area contributed by atoms with Gasteiger partial charge in [-0.2, -0.15) is 13.2 Å². The molecule has 0 spiro atoms. The fourth-order valence-electron chi connectivity index (χ4n) is 2.61. The van der Waals surface area contributed by atoms with Crippen LogP contribution in [0.3, 0.4) is 0 Å². The van der Waals surface area contributed by atoms with Crippen LogP contribution in [-0.2, 0) is 29.2 Å². The lowest BCUT2D eigenvalue weighted by Gasteiger charge is -2.11. The topological polar surface area (TPSA) is 88.9 Å². The second-order valence-electron chi connectivity index (χ2n) is 6.58. The van der Waals surface area contributed by atoms with Crippen LogP contribution < -0.4 is 10.6 Å². The molecule has 0 fully saturated rings. The van der Waals surface area contributed by atoms with Crippen molar-refractivity contribution in [3.05, 3.63) is 64.9 Å². The van der Waals surface area contributed by atoms with Crippen LogP contribution >= 0.6 is 23.4 Å². The smallest absolute Gasteiger partial charge is 0.326 e. The second kappa shape index (κ2) is 10.0. The lowest BCUT2D eigenvalue weighted by atomic mass is 10.2. The van der Waals surface area contributed by atoms with Gasteiger partial charge in [0.2, 0.25) is 11.8 Å². The Hall–Kier alpha value is -3.05. The number of aromatic nitrogens is 3. The molecule has 2 aromatic carbocycles. The average molecular weight is 484 g/mol. The fourth-order valence-corrected chi connectivity index (χ4v) is 3.50. The minimum absolute atomic E-state index is 0.0123. The Morgan fingerprint density at radius 2 is 1.78 bits per heavy atom. The van der Waals surface area contributed by atoms with Gasteiger partial charge in [0.05, 0.1) is 28.4 Å². The third-order valence-electron chi connectivity index (χ3n) is 4.20. The van der Waals surface area contributed by atoms with E-state index in [2.05, 4.69) is 20.8 Å². The average Bonchev–Trinajstić information content (AvgIpc) is 3.07. The number of thioether (sulfide) groups is 1. The lowest BCUT2D eigenvalue weighted by Crippen LogP contribution is -2.17. The molecule has 7 nitrogen and oxygen atoms in total. The molecule has 1 heterocycles. The molecule has 1 aromatic heterocycles. The summed E-state index contributed by atoms with van der Waals surface area (Å²) in [5.41, 5.74) is -0.404. The van der Waals surface area contributed by atoms with E-state index in [1.165, 1.54) is 0 Å². The van der Waals surface area contributed by atoms with Crippen molar-refractivity contribution in [3.8, 4) is 0 Å². The van der Waals surface area contributed by atoms with Gasteiger partial charge in [-0.05, 0) is 30.3 Å². The summed E-state index contributed by atoms with van der Waals surface area (Å²) in [6.45, 7) is 0. The second-order valence-corrected chi connectivity index (χ2v) is 7.93. The van der Waals surface area contributed by atoms with E-state index in [0.29, 0.717) is 16.7 Å². The van der Waals surface area contributed by atoms with Crippen molar-refractivity contribution < 1.29 is 22.8 Å². The minimum atomic E-state index is -4.55. The van der Waals surface area contributed by atoms with Crippen molar-refractivity contribution in [1.82, 2.24) is 14.8 Å². The molecule has 0 aliphatic carbocycles. The number of anilines is 2. The van der Waals surface area contributed by atoms with E-state index in [4.69, 9.17) is 11.6 Å². The number of carbonyl (C=O) groups excluding carboxylic acids is 2. The van der Waals surface area contributed by atoms with Crippen LogP contribution in [0.4, 0.5) is 24.5 Å². The highest BCUT2D eigenvalue weighted by atomic mass is 35.5. The van der Waals surface area contributed by atoms with E-state index in [1.807, 2.05) is 6.07 Å². The van der Waals surface area contributed by atoms with Crippen LogP contribution in [0.15, 0.2) is 53.7 Å². The van der Waals surface area contributed by atoms with Crippen molar-refractivity contribution in [3.63, 3.8) is 0 Å². The van der Waals surface area contributed by atoms with Crippen molar-refractivity contribution in [2.75, 3.05) is 16.4 Å². The number of carbonyl (C=O) groups is 2. The molecular weight excluding hydrogens is 467 g/mol. The van der Waals surface area contributed by atoms with Gasteiger partial charge in [-0.3, -0.25) is 9.59 Å². The molecule has 0 bridgehead atoms. The maximum atomic E-state index is 12.9. The quantitative estimate of drug-likeness (QED) is 0.486. The Morgan fingerprint density at radius 3 is 2.47 bits per heavy atom. The summed E-state index contributed by atoms with van der Waals surface area (Å²) >= 11 is 6.91. The third kappa shape index (κ3) is 6.24. The summed E-state index contributed by atoms with van der Waals surface area (Å²) in [6.07, 6.45) is -4.58. The maximum absolute atomic E-state index is 12.9. The molecule has 3 aromatic rings. The summed E-state index contributed by atoms with van der Waals surface area (Å²) < 4.78 is 40.1. The van der Waals surface area contributed by atoms with Gasteiger partial charge in [0.15, 0.2) is 5.16 Å². The number of hydrogen-bond donors (Lipinski definition) is 2. The number of halogens is 4. The standard InChI is InChI=1S/C20H17ClF3N5O2S/c1-29-16(10-17(30)25-13-5-3-2-4-6-13)27-28-19(29)32-11-18(31)26-15-9-12(20(22,23)24)7-8-14(15)21/h2-9H,10-11H2,1H3,(H,25,30)(H,26,31). The number of nitrogens with zero attached hydrogens (tertiary/aromatic N) is 3. The molecule has 0 saturated heterocycles. The van der Waals surface area contributed by atoms with Gasteiger partial charge in [-0.15, -0.1) is 10.2 Å². The number of amides is 2. The zero-order chi connectivity index (χ0) is 23.3. The normalized spacial score (nSPS) is 11.3. The summed E-state index contributed by atoms with van der Waals surface area (Å²) in [5.74, 6) is -0.598. The first kappa shape index (κ1) is 23.6. The van der Waals surface area contributed by atoms with Gasteiger partial charge < -0.3 is 15.2 Å². The first-order valence-electron chi connectivity index (χ1n) is 9.16. The molecule has 2 N–H and O–H groups in total. The highest BCUT2D eigenvalue weighted by Crippen LogP contribution is 2.34. The Kier molecular flexibility index (Phi) is 7.41. The Labute approximate surface area is 190 Å². The van der Waals surface area contributed by atoms with E-state index in [0.717, 1.165) is 30.0 Å². The summed E-state index contributed by atoms with van der Waals surface area (Å²) in [5, 5.41) is 13.4. The number of nitrogens with one attached hydrogen (secondary N) is 2. The highest BCUT2D eigenvalue weighted by Gasteiger charge is 2.31. The first-order chi connectivity index (χ1) is 15.1. The summed E-state index contributed by atoms with van der Waals surface area (Å²) in [7, 11) is 1.65. The molecule has 0 aliphatic rings. The van der Waals surface area contributed by atoms with Gasteiger partial charge in [0.1, 0.15) is 5.82 Å². The number of para-hydroxylation sites is 1. The van der Waals surface area contributed by atoms with E-state index in [9.17, 15) is 22.8 Å². The molecule has 0 radical (unpaired) electrons. The number of benzene rings is 2. The van der Waals surface area contributed by atoms with Crippen LogP contribution in [0.2, 0.25) is 5.02 Å². The van der Waals surface area contributed by atoms with Crippen LogP contribution in [0.25, 0.3) is 0 Å². The van der Waals surface area contributed by atoms with Crippen LogP contribution in [-0.4, -0.2) is 32.3 Å². The highest BCUT2D eigenvalue weighted by molar-refractivity contribution is 7.99. The van der Waals surface area contributed by atoms with Gasteiger partial charge in [-0.25, -0.2) is 0 Å². The van der Waals surface area contributed by atoms with Crippen molar-refractivity contribution >= 4 is 46.6 Å². The monoisotopic (exact) mass is 483 g/mol. The van der Waals surface area contributed by atoms with Crippen LogP contribution in [0.1, 0.15) is 11.4 Å². The fraction of sp³-hybridized carbons (Fsp3) is 0.200. The Morgan fingerprint density at radius 1 is 1.06 bits per heavy atom. The molecule has 0 unspecified atom stereocenters. The zero-order valence-corrected chi connectivity index (χ0v) is 18.2. The molecule has 3 rings (SSSR count). The predicted molar refractivity (Wildman–Crippen MR) is 116 cm³/mol. The van der Waals surface area contributed by atoms with Crippen LogP contribution in [0.5, 0.6) is 0 Å². The van der Waals surface area contributed by atoms with Crippen molar-refractivity contribution in [2.24, 2.45) is 7.05 Å². The summed E-state index contributed by atoms with van der Waals surface area (Å²) in [6, 6.07) is 11.6. The molecule has 0 atom stereocenters. The molecule has 0 aliphatic heterocycles. The maximum Gasteiger partial charge on any atom is 0.416 e. The van der Waals surface area contributed by atoms with Crippen molar-refractivity contribution in [2.45, 2.75) is 17.8 Å². The summed E-state index contributed by atoms with van der Waals surface area (Å²) in [4.78, 5) is 24.4. The number of rotatable bonds is 7. The zero-order valence-electron chi connectivity index (χ0n) is 16.6. The largest absolute Gasteiger partial charge is 0.416 e. The lowest BCUT2D eigenvalue weighted by molar-refractivity contribution is -0.137. The molecular formula is C20H17ClF3N5O2S. The van der Waals surface area contributed by atoms with Gasteiger partial charge in [0.25, 0.3) is 0 Å². The van der Waals surface area contributed by atoms with Gasteiger partial charge in [0, 0.05) is 12.7 Å². The van der Waals surface area contributed by atoms with Gasteiger partial charge in [-0.1, -0.05) is 41.6 Å². The van der Waals surface area contributed by atoms with Crippen molar-refractivity contribution in [1.29, 1.82) is 0 Å². The predicted octanol–water partition coefficient (Wildman–Crippen LogP) is 4.40. The third-order valence-corrected chi connectivity index (χ3v) is 5.55. The van der Waals surface area contributed by atoms with E-state index in [-0.39, 0.29) is 28.8 Å². The molecule has 32 heavy (non-hydrogen) atoms. The van der Waals surface area contributed by atoms with E-state index in [1.54, 1.807) is 35.9 Å². The Bertz CT molecular complexity index is 1120. The molecule has 12 heteroatoms. The van der Waals surface area contributed by atoms with E-state index < -0.39 is 17.6 Å². The molecule has 168 valence electrons. The molecule has 2 amide bonds. The van der Waals surface area contributed by atoms with E-state index >= 15 is 0 Å². The SMILES string of the molecule is Cn1c(CC(=O)Nc2ccccc2)nnc1SCC(=O)Nc1cc(C(F)(F)F)ccc1Cl. The number of hydrogen-bond acceptors (Lipinski definition) is 5. The van der Waals surface area contributed by atoms with Gasteiger partial charge >= 0.3 is 6.18 Å².